The molecular weight excluding hydrogens is 444 g/mol. The molecule has 2 fully saturated rings. The number of rotatable bonds is 9. The zero-order valence-corrected chi connectivity index (χ0v) is 23.5. The minimum atomic E-state index is -3.36. The quantitative estimate of drug-likeness (QED) is 0.410. The summed E-state index contributed by atoms with van der Waals surface area (Å²) in [5.74, 6) is 0.275. The molecule has 0 spiro atoms. The third kappa shape index (κ3) is 6.28. The van der Waals surface area contributed by atoms with Crippen LogP contribution < -0.4 is 0 Å². The van der Waals surface area contributed by atoms with Crippen molar-refractivity contribution < 1.29 is 16.8 Å². The Bertz CT molecular complexity index is 754. The lowest BCUT2D eigenvalue weighted by molar-refractivity contribution is 0.0551. The summed E-state index contributed by atoms with van der Waals surface area (Å²) in [6.07, 6.45) is 8.25. The first-order chi connectivity index (χ1) is 14.4. The van der Waals surface area contributed by atoms with Gasteiger partial charge in [0.1, 0.15) is 0 Å². The summed E-state index contributed by atoms with van der Waals surface area (Å²) in [6.45, 7) is 16.2. The highest BCUT2D eigenvalue weighted by Crippen LogP contribution is 2.42. The highest BCUT2D eigenvalue weighted by Gasteiger charge is 2.49. The molecule has 2 rings (SSSR count). The van der Waals surface area contributed by atoms with Crippen LogP contribution in [0.5, 0.6) is 0 Å². The van der Waals surface area contributed by atoms with Crippen LogP contribution >= 0.6 is 0 Å². The molecule has 190 valence electrons. The van der Waals surface area contributed by atoms with Gasteiger partial charge >= 0.3 is 0 Å². The maximum atomic E-state index is 13.2. The average Bonchev–Trinajstić information content (AvgIpc) is 2.53. The van der Waals surface area contributed by atoms with E-state index in [1.807, 2.05) is 55.4 Å². The van der Waals surface area contributed by atoms with Crippen molar-refractivity contribution in [3.05, 3.63) is 0 Å². The maximum absolute atomic E-state index is 13.2. The Hall–Kier alpha value is -0.180. The van der Waals surface area contributed by atoms with Crippen LogP contribution in [-0.2, 0) is 20.0 Å². The Labute approximate surface area is 198 Å². The van der Waals surface area contributed by atoms with Gasteiger partial charge in [0.25, 0.3) is 0 Å². The van der Waals surface area contributed by atoms with Gasteiger partial charge < -0.3 is 0 Å². The molecule has 32 heavy (non-hydrogen) atoms. The number of hydrogen-bond donors (Lipinski definition) is 0. The first-order valence-corrected chi connectivity index (χ1v) is 15.6. The molecule has 2 heterocycles. The van der Waals surface area contributed by atoms with Gasteiger partial charge in [0.2, 0.25) is 20.0 Å². The van der Waals surface area contributed by atoms with Crippen molar-refractivity contribution in [1.29, 1.82) is 0 Å². The standard InChI is InChI=1S/C24H48N2O4S2/c1-21(2)15-13-16-22(3,4)25(21)31(27,28)19-11-9-10-12-20-32(29,30)26-23(5,6)17-14-18-24(26,7)8/h9-20H2,1-8H3. The van der Waals surface area contributed by atoms with E-state index in [0.29, 0.717) is 12.8 Å². The van der Waals surface area contributed by atoms with Gasteiger partial charge in [0.05, 0.1) is 11.5 Å². The Morgan fingerprint density at radius 1 is 0.500 bits per heavy atom. The summed E-state index contributed by atoms with van der Waals surface area (Å²) in [6, 6.07) is 0. The van der Waals surface area contributed by atoms with Crippen molar-refractivity contribution in [3.8, 4) is 0 Å². The number of nitrogens with zero attached hydrogens (tertiary/aromatic N) is 2. The lowest BCUT2D eigenvalue weighted by Crippen LogP contribution is -2.61. The van der Waals surface area contributed by atoms with E-state index in [4.69, 9.17) is 0 Å². The third-order valence-electron chi connectivity index (χ3n) is 7.46. The lowest BCUT2D eigenvalue weighted by Gasteiger charge is -2.51. The fourth-order valence-corrected chi connectivity index (χ4v) is 11.4. The molecule has 0 amide bonds. The predicted octanol–water partition coefficient (Wildman–Crippen LogP) is 5.29. The Morgan fingerprint density at radius 3 is 1.00 bits per heavy atom. The Morgan fingerprint density at radius 2 is 0.750 bits per heavy atom. The molecule has 0 aromatic carbocycles. The van der Waals surface area contributed by atoms with Crippen molar-refractivity contribution in [3.63, 3.8) is 0 Å². The monoisotopic (exact) mass is 492 g/mol. The molecular formula is C24H48N2O4S2. The van der Waals surface area contributed by atoms with E-state index in [9.17, 15) is 16.8 Å². The van der Waals surface area contributed by atoms with Gasteiger partial charge in [0, 0.05) is 22.2 Å². The molecule has 0 bridgehead atoms. The molecule has 0 unspecified atom stereocenters. The van der Waals surface area contributed by atoms with Crippen LogP contribution in [0.15, 0.2) is 0 Å². The topological polar surface area (TPSA) is 74.8 Å². The molecule has 2 saturated heterocycles. The number of hydrogen-bond acceptors (Lipinski definition) is 4. The summed E-state index contributed by atoms with van der Waals surface area (Å²) in [5.41, 5.74) is -1.43. The van der Waals surface area contributed by atoms with E-state index in [2.05, 4.69) is 0 Å². The largest absolute Gasteiger partial charge is 0.215 e. The predicted molar refractivity (Wildman–Crippen MR) is 134 cm³/mol. The zero-order chi connectivity index (χ0) is 24.6. The number of sulfonamides is 2. The molecule has 8 heteroatoms. The van der Waals surface area contributed by atoms with E-state index in [1.165, 1.54) is 0 Å². The molecule has 0 aliphatic carbocycles. The van der Waals surface area contributed by atoms with Crippen molar-refractivity contribution in [1.82, 2.24) is 8.61 Å². The first-order valence-electron chi connectivity index (χ1n) is 12.4. The normalized spacial score (nSPS) is 26.1. The van der Waals surface area contributed by atoms with E-state index in [-0.39, 0.29) is 33.7 Å². The fourth-order valence-electron chi connectivity index (χ4n) is 6.56. The minimum absolute atomic E-state index is 0.138. The molecule has 0 N–H and O–H groups in total. The van der Waals surface area contributed by atoms with Gasteiger partial charge in [-0.25, -0.2) is 16.8 Å². The Balaban J connectivity index is 1.89. The second kappa shape index (κ2) is 9.46. The van der Waals surface area contributed by atoms with Gasteiger partial charge in [-0.2, -0.15) is 8.61 Å². The fraction of sp³-hybridized carbons (Fsp3) is 1.00. The zero-order valence-electron chi connectivity index (χ0n) is 21.8. The SMILES string of the molecule is CC1(C)CCCC(C)(C)N1S(=O)(=O)CCCCCCS(=O)(=O)N1C(C)(C)CCCC1(C)C. The van der Waals surface area contributed by atoms with Crippen molar-refractivity contribution in [2.75, 3.05) is 11.5 Å². The van der Waals surface area contributed by atoms with Gasteiger partial charge in [-0.15, -0.1) is 0 Å². The first kappa shape index (κ1) is 28.1. The summed E-state index contributed by atoms with van der Waals surface area (Å²) < 4.78 is 56.2. The van der Waals surface area contributed by atoms with Crippen LogP contribution in [0.4, 0.5) is 0 Å². The lowest BCUT2D eigenvalue weighted by atomic mass is 9.83. The second-order valence-electron chi connectivity index (χ2n) is 12.5. The van der Waals surface area contributed by atoms with Crippen LogP contribution in [0.1, 0.15) is 120 Å². The van der Waals surface area contributed by atoms with Crippen LogP contribution in [-0.4, -0.2) is 59.1 Å². The van der Waals surface area contributed by atoms with E-state index in [1.54, 1.807) is 8.61 Å². The molecule has 0 aromatic rings. The second-order valence-corrected chi connectivity index (χ2v) is 16.4. The molecule has 0 aromatic heterocycles. The maximum Gasteiger partial charge on any atom is 0.215 e. The molecule has 0 radical (unpaired) electrons. The van der Waals surface area contributed by atoms with Crippen LogP contribution in [0, 0.1) is 0 Å². The van der Waals surface area contributed by atoms with Gasteiger partial charge in [0.15, 0.2) is 0 Å². The smallest absolute Gasteiger partial charge is 0.212 e. The summed E-state index contributed by atoms with van der Waals surface area (Å²) in [4.78, 5) is 0. The summed E-state index contributed by atoms with van der Waals surface area (Å²) in [7, 11) is -6.71. The Kier molecular flexibility index (Phi) is 8.30. The highest BCUT2D eigenvalue weighted by molar-refractivity contribution is 7.89. The van der Waals surface area contributed by atoms with E-state index < -0.39 is 20.0 Å². The minimum Gasteiger partial charge on any atom is -0.212 e. The molecule has 0 atom stereocenters. The van der Waals surface area contributed by atoms with Gasteiger partial charge in [-0.05, 0) is 107 Å². The molecule has 2 aliphatic heterocycles. The van der Waals surface area contributed by atoms with Crippen molar-refractivity contribution in [2.45, 2.75) is 142 Å². The molecule has 0 saturated carbocycles. The highest BCUT2D eigenvalue weighted by atomic mass is 32.2. The van der Waals surface area contributed by atoms with Crippen LogP contribution in [0.2, 0.25) is 0 Å². The van der Waals surface area contributed by atoms with Crippen LogP contribution in [0.25, 0.3) is 0 Å². The third-order valence-corrected chi connectivity index (χ3v) is 12.2. The van der Waals surface area contributed by atoms with Crippen molar-refractivity contribution >= 4 is 20.0 Å². The molecule has 6 nitrogen and oxygen atoms in total. The van der Waals surface area contributed by atoms with E-state index >= 15 is 0 Å². The summed E-state index contributed by atoms with van der Waals surface area (Å²) in [5, 5.41) is 0. The number of piperidine rings is 2. The van der Waals surface area contributed by atoms with E-state index in [0.717, 1.165) is 51.4 Å². The number of unbranched alkanes of at least 4 members (excludes halogenated alkanes) is 3. The summed E-state index contributed by atoms with van der Waals surface area (Å²) >= 11 is 0. The molecule has 2 aliphatic rings. The van der Waals surface area contributed by atoms with Gasteiger partial charge in [-0.3, -0.25) is 0 Å². The van der Waals surface area contributed by atoms with Crippen LogP contribution in [0.3, 0.4) is 0 Å². The van der Waals surface area contributed by atoms with Gasteiger partial charge in [-0.1, -0.05) is 12.8 Å². The van der Waals surface area contributed by atoms with Crippen molar-refractivity contribution in [2.24, 2.45) is 0 Å². The average molecular weight is 493 g/mol.